The van der Waals surface area contributed by atoms with Crippen molar-refractivity contribution in [3.05, 3.63) is 41.2 Å². The first-order valence-electron chi connectivity index (χ1n) is 7.89. The maximum absolute atomic E-state index is 12.3. The summed E-state index contributed by atoms with van der Waals surface area (Å²) < 4.78 is 34.4. The summed E-state index contributed by atoms with van der Waals surface area (Å²) in [6.45, 7) is 1.06. The molecule has 0 amide bonds. The maximum Gasteiger partial charge on any atom is 0.387 e. The van der Waals surface area contributed by atoms with E-state index >= 15 is 0 Å². The Bertz CT molecular complexity index is 813. The van der Waals surface area contributed by atoms with Crippen molar-refractivity contribution >= 4 is 29.2 Å². The zero-order valence-electron chi connectivity index (χ0n) is 14.6. The topological polar surface area (TPSA) is 95.0 Å². The van der Waals surface area contributed by atoms with Crippen LogP contribution >= 0.6 is 11.6 Å². The van der Waals surface area contributed by atoms with Gasteiger partial charge in [-0.2, -0.15) is 13.9 Å². The molecule has 0 fully saturated rings. The summed E-state index contributed by atoms with van der Waals surface area (Å²) in [7, 11) is 0. The van der Waals surface area contributed by atoms with Gasteiger partial charge in [0.1, 0.15) is 18.1 Å². The molecule has 0 saturated heterocycles. The molecule has 1 aromatic carbocycles. The summed E-state index contributed by atoms with van der Waals surface area (Å²) in [6.07, 6.45) is 4.69. The molecular formula is C17H18ClF2N5O2. The third kappa shape index (κ3) is 6.45. The molecule has 1 heterocycles. The molecular weight excluding hydrogens is 380 g/mol. The molecule has 10 heteroatoms. The third-order valence-electron chi connectivity index (χ3n) is 3.32. The van der Waals surface area contributed by atoms with Crippen LogP contribution in [0.3, 0.4) is 0 Å². The number of rotatable bonds is 8. The molecule has 0 aliphatic carbocycles. The fourth-order valence-corrected chi connectivity index (χ4v) is 2.01. The standard InChI is InChI=1S/C17H18ClF2N5O2/c1-10(2)11-6-23-17(24-7-11)26-9-13(25-21)8-22-12-3-4-14(18)15(5-12)27-16(19)20/h3-8,10,16H,9,21H2,1-2H3. The molecule has 0 spiro atoms. The van der Waals surface area contributed by atoms with E-state index < -0.39 is 6.61 Å². The van der Waals surface area contributed by atoms with E-state index in [1.807, 2.05) is 13.8 Å². The highest BCUT2D eigenvalue weighted by Gasteiger charge is 2.09. The van der Waals surface area contributed by atoms with Gasteiger partial charge >= 0.3 is 12.6 Å². The van der Waals surface area contributed by atoms with Gasteiger partial charge < -0.3 is 15.3 Å². The SMILES string of the molecule is CC(C)c1cnc(OCC(C=Nc2ccc(Cl)c(OC(F)F)c2)=NN)nc1. The van der Waals surface area contributed by atoms with Crippen LogP contribution in [0.4, 0.5) is 14.5 Å². The van der Waals surface area contributed by atoms with Crippen LogP contribution in [0.1, 0.15) is 25.3 Å². The highest BCUT2D eigenvalue weighted by molar-refractivity contribution is 6.32. The minimum absolute atomic E-state index is 0.0188. The van der Waals surface area contributed by atoms with E-state index in [4.69, 9.17) is 22.2 Å². The van der Waals surface area contributed by atoms with Gasteiger partial charge in [-0.1, -0.05) is 25.4 Å². The highest BCUT2D eigenvalue weighted by Crippen LogP contribution is 2.30. The average Bonchev–Trinajstić information content (AvgIpc) is 2.64. The first kappa shape index (κ1) is 20.5. The van der Waals surface area contributed by atoms with Gasteiger partial charge in [0.2, 0.25) is 0 Å². The fourth-order valence-electron chi connectivity index (χ4n) is 1.85. The van der Waals surface area contributed by atoms with E-state index in [2.05, 4.69) is 24.8 Å². The van der Waals surface area contributed by atoms with Gasteiger partial charge in [-0.3, -0.25) is 4.99 Å². The molecule has 0 unspecified atom stereocenters. The van der Waals surface area contributed by atoms with E-state index in [0.29, 0.717) is 11.6 Å². The number of hydrogen-bond donors (Lipinski definition) is 1. The largest absolute Gasteiger partial charge is 0.457 e. The first-order valence-corrected chi connectivity index (χ1v) is 8.26. The molecule has 27 heavy (non-hydrogen) atoms. The zero-order chi connectivity index (χ0) is 19.8. The number of nitrogens with two attached hydrogens (primary N) is 1. The first-order chi connectivity index (χ1) is 12.9. The lowest BCUT2D eigenvalue weighted by atomic mass is 10.1. The van der Waals surface area contributed by atoms with Crippen molar-refractivity contribution in [1.29, 1.82) is 0 Å². The van der Waals surface area contributed by atoms with E-state index in [1.165, 1.54) is 24.4 Å². The second kappa shape index (κ2) is 9.77. The Balaban J connectivity index is 2.00. The van der Waals surface area contributed by atoms with E-state index in [1.54, 1.807) is 12.4 Å². The number of hydrogen-bond acceptors (Lipinski definition) is 7. The summed E-state index contributed by atoms with van der Waals surface area (Å²) in [6, 6.07) is 4.37. The third-order valence-corrected chi connectivity index (χ3v) is 3.64. The second-order valence-electron chi connectivity index (χ2n) is 5.61. The lowest BCUT2D eigenvalue weighted by Gasteiger charge is -2.07. The normalized spacial score (nSPS) is 12.2. The highest BCUT2D eigenvalue weighted by atomic mass is 35.5. The molecule has 0 bridgehead atoms. The molecule has 0 radical (unpaired) electrons. The van der Waals surface area contributed by atoms with Gasteiger partial charge in [-0.15, -0.1) is 0 Å². The summed E-state index contributed by atoms with van der Waals surface area (Å²) in [4.78, 5) is 12.3. The van der Waals surface area contributed by atoms with Crippen LogP contribution in [0.15, 0.2) is 40.7 Å². The quantitative estimate of drug-likeness (QED) is 0.413. The van der Waals surface area contributed by atoms with Crippen molar-refractivity contribution in [3.63, 3.8) is 0 Å². The molecule has 144 valence electrons. The predicted molar refractivity (Wildman–Crippen MR) is 99.5 cm³/mol. The maximum atomic E-state index is 12.3. The molecule has 2 aromatic rings. The monoisotopic (exact) mass is 397 g/mol. The summed E-state index contributed by atoms with van der Waals surface area (Å²) >= 11 is 5.79. The van der Waals surface area contributed by atoms with Crippen molar-refractivity contribution in [1.82, 2.24) is 9.97 Å². The number of alkyl halides is 2. The Kier molecular flexibility index (Phi) is 7.42. The number of benzene rings is 1. The van der Waals surface area contributed by atoms with Crippen LogP contribution in [0.2, 0.25) is 5.02 Å². The molecule has 0 saturated carbocycles. The van der Waals surface area contributed by atoms with Crippen molar-refractivity contribution in [2.24, 2.45) is 15.9 Å². The van der Waals surface area contributed by atoms with Crippen LogP contribution in [0.25, 0.3) is 0 Å². The Morgan fingerprint density at radius 3 is 2.59 bits per heavy atom. The van der Waals surface area contributed by atoms with Gasteiger partial charge in [-0.25, -0.2) is 9.97 Å². The number of aromatic nitrogens is 2. The molecule has 0 aliphatic rings. The van der Waals surface area contributed by atoms with Crippen molar-refractivity contribution in [2.75, 3.05) is 6.61 Å². The van der Waals surface area contributed by atoms with Crippen molar-refractivity contribution in [2.45, 2.75) is 26.4 Å². The smallest absolute Gasteiger partial charge is 0.387 e. The minimum Gasteiger partial charge on any atom is -0.457 e. The lowest BCUT2D eigenvalue weighted by Crippen LogP contribution is -2.16. The van der Waals surface area contributed by atoms with Crippen molar-refractivity contribution < 1.29 is 18.3 Å². The Hall–Kier alpha value is -2.81. The average molecular weight is 398 g/mol. The number of nitrogens with zero attached hydrogens (tertiary/aromatic N) is 4. The number of halogens is 3. The number of hydrazone groups is 1. The van der Waals surface area contributed by atoms with Crippen LogP contribution in [0, 0.1) is 0 Å². The Morgan fingerprint density at radius 1 is 1.30 bits per heavy atom. The summed E-state index contributed by atoms with van der Waals surface area (Å²) in [5.41, 5.74) is 1.60. The van der Waals surface area contributed by atoms with E-state index in [0.717, 1.165) is 5.56 Å². The molecule has 1 aromatic heterocycles. The van der Waals surface area contributed by atoms with Crippen LogP contribution < -0.4 is 15.3 Å². The van der Waals surface area contributed by atoms with Crippen molar-refractivity contribution in [3.8, 4) is 11.8 Å². The van der Waals surface area contributed by atoms with Gasteiger partial charge in [-0.05, 0) is 23.6 Å². The number of aliphatic imine (C=N–C) groups is 1. The summed E-state index contributed by atoms with van der Waals surface area (Å²) in [5.74, 6) is 5.45. The molecule has 7 nitrogen and oxygen atoms in total. The molecule has 2 N–H and O–H groups in total. The van der Waals surface area contributed by atoms with E-state index in [-0.39, 0.29) is 29.1 Å². The molecule has 0 aliphatic heterocycles. The molecule has 0 atom stereocenters. The number of ether oxygens (including phenoxy) is 2. The van der Waals surface area contributed by atoms with E-state index in [9.17, 15) is 8.78 Å². The van der Waals surface area contributed by atoms with Gasteiger partial charge in [0.05, 0.1) is 16.9 Å². The lowest BCUT2D eigenvalue weighted by molar-refractivity contribution is -0.0497. The second-order valence-corrected chi connectivity index (χ2v) is 6.02. The van der Waals surface area contributed by atoms with Gasteiger partial charge in [0, 0.05) is 18.5 Å². The Morgan fingerprint density at radius 2 is 2.00 bits per heavy atom. The predicted octanol–water partition coefficient (Wildman–Crippen LogP) is 3.95. The fraction of sp³-hybridized carbons (Fsp3) is 0.294. The zero-order valence-corrected chi connectivity index (χ0v) is 15.4. The Labute approximate surface area is 159 Å². The molecule has 2 rings (SSSR count). The van der Waals surface area contributed by atoms with Crippen LogP contribution in [-0.4, -0.2) is 35.1 Å². The minimum atomic E-state index is -2.99. The summed E-state index contributed by atoms with van der Waals surface area (Å²) in [5, 5.41) is 3.61. The van der Waals surface area contributed by atoms with Crippen LogP contribution in [0.5, 0.6) is 11.8 Å². The van der Waals surface area contributed by atoms with Gasteiger partial charge in [0.15, 0.2) is 0 Å². The van der Waals surface area contributed by atoms with Crippen LogP contribution in [-0.2, 0) is 0 Å². The van der Waals surface area contributed by atoms with Gasteiger partial charge in [0.25, 0.3) is 0 Å².